The first-order valence-electron chi connectivity index (χ1n) is 0.783. The molecule has 0 saturated carbocycles. The van der Waals surface area contributed by atoms with E-state index in [1.54, 1.807) is 0 Å². The van der Waals surface area contributed by atoms with E-state index in [4.69, 9.17) is 19.2 Å². The van der Waals surface area contributed by atoms with Gasteiger partial charge in [-0.25, -0.2) is 4.57 Å². The summed E-state index contributed by atoms with van der Waals surface area (Å²) in [5, 5.41) is 0. The molecule has 3 N–H and O–H groups in total. The molecule has 0 spiro atoms. The van der Waals surface area contributed by atoms with Gasteiger partial charge in [0.2, 0.25) is 0 Å². The van der Waals surface area contributed by atoms with Gasteiger partial charge < -0.3 is 14.7 Å². The molecular weight excluding hydrogens is 164 g/mol. The Labute approximate surface area is 115 Å². The standard InChI is InChI=1S/3Na.H3O4P/c;;;1-5(2,3)4/h;;;(H3,1,2,3,4)/q3*+1;/p+1. The van der Waals surface area contributed by atoms with Crippen molar-refractivity contribution < 1.29 is 109 Å². The summed E-state index contributed by atoms with van der Waals surface area (Å²) in [5.41, 5.74) is 0. The Morgan fingerprint density at radius 2 is 1.00 bits per heavy atom. The number of hydrogen-bond acceptors (Lipinski definition) is 1. The van der Waals surface area contributed by atoms with Gasteiger partial charge in [-0.3, -0.25) is 0 Å². The predicted octanol–water partition coefficient (Wildman–Crippen LogP) is -9.80. The van der Waals surface area contributed by atoms with Crippen molar-refractivity contribution in [3.63, 3.8) is 0 Å². The zero-order valence-electron chi connectivity index (χ0n) is 6.20. The van der Waals surface area contributed by atoms with Crippen LogP contribution in [0.2, 0.25) is 0 Å². The van der Waals surface area contributed by atoms with Crippen molar-refractivity contribution >= 4 is 7.82 Å². The minimum absolute atomic E-state index is 0. The summed E-state index contributed by atoms with van der Waals surface area (Å²) in [6.45, 7) is 0. The molecule has 0 unspecified atom stereocenters. The number of phosphoric acid groups is 1. The maximum Gasteiger partial charge on any atom is 1.00 e. The molecule has 4 nitrogen and oxygen atoms in total. The Morgan fingerprint density at radius 1 is 1.00 bits per heavy atom. The minimum atomic E-state index is -4.64. The molecule has 0 aromatic heterocycles. The van der Waals surface area contributed by atoms with Crippen LogP contribution in [0.3, 0.4) is 0 Å². The van der Waals surface area contributed by atoms with Crippen LogP contribution in [0.1, 0.15) is 1.43 Å². The summed E-state index contributed by atoms with van der Waals surface area (Å²) in [6.07, 6.45) is 0. The Kier molecular flexibility index (Phi) is 28.4. The maximum absolute atomic E-state index is 8.88. The van der Waals surface area contributed by atoms with Gasteiger partial charge in [-0.2, -0.15) is 0 Å². The molecule has 0 atom stereocenters. The van der Waals surface area contributed by atoms with Crippen LogP contribution in [0.4, 0.5) is 0 Å². The predicted molar refractivity (Wildman–Crippen MR) is 15.4 cm³/mol. The summed E-state index contributed by atoms with van der Waals surface area (Å²) in [6, 6.07) is 0. The average molecular weight is 168 g/mol. The van der Waals surface area contributed by atoms with Crippen LogP contribution >= 0.6 is 7.82 Å². The molecule has 0 aliphatic rings. The van der Waals surface area contributed by atoms with E-state index in [0.29, 0.717) is 0 Å². The average Bonchev–Trinajstić information content (AvgIpc) is 0.722. The van der Waals surface area contributed by atoms with E-state index < -0.39 is 7.82 Å². The molecule has 0 fully saturated rings. The third-order valence-electron chi connectivity index (χ3n) is 0. The number of hydrogen-bond donors (Lipinski definition) is 3. The summed E-state index contributed by atoms with van der Waals surface area (Å²) >= 11 is 0. The van der Waals surface area contributed by atoms with Gasteiger partial charge in [0.15, 0.2) is 0 Å². The van der Waals surface area contributed by atoms with E-state index >= 15 is 0 Å². The fourth-order valence-corrected chi connectivity index (χ4v) is 0. The smallest absolute Gasteiger partial charge is 0.303 e. The van der Waals surface area contributed by atoms with Crippen molar-refractivity contribution in [2.24, 2.45) is 0 Å². The van der Waals surface area contributed by atoms with Crippen LogP contribution in [0.15, 0.2) is 0 Å². The van der Waals surface area contributed by atoms with E-state index in [1.807, 2.05) is 0 Å². The number of rotatable bonds is 0. The van der Waals surface area contributed by atoms with Gasteiger partial charge in [0, 0.05) is 0 Å². The van der Waals surface area contributed by atoms with Crippen LogP contribution in [0, 0.1) is 0 Å². The molecule has 0 heterocycles. The van der Waals surface area contributed by atoms with E-state index in [9.17, 15) is 0 Å². The largest absolute Gasteiger partial charge is 1.00 e. The summed E-state index contributed by atoms with van der Waals surface area (Å²) in [5.74, 6) is 0. The van der Waals surface area contributed by atoms with Gasteiger partial charge in [0.1, 0.15) is 0 Å². The fourth-order valence-electron chi connectivity index (χ4n) is 0. The molecule has 0 bridgehead atoms. The first-order chi connectivity index (χ1) is 2.00. The maximum atomic E-state index is 8.88. The Bertz CT molecular complexity index is 61.9. The quantitative estimate of drug-likeness (QED) is 0.248. The minimum Gasteiger partial charge on any atom is -0.303 e. The van der Waals surface area contributed by atoms with E-state index in [-0.39, 0.29) is 90.1 Å². The normalized spacial score (nSPS) is 7.38. The van der Waals surface area contributed by atoms with Gasteiger partial charge in [0.25, 0.3) is 0 Å². The van der Waals surface area contributed by atoms with Crippen molar-refractivity contribution in [1.82, 2.24) is 0 Å². The molecule has 0 aliphatic heterocycles. The van der Waals surface area contributed by atoms with Crippen molar-refractivity contribution in [2.45, 2.75) is 0 Å². The molecule has 0 saturated heterocycles. The van der Waals surface area contributed by atoms with Gasteiger partial charge in [0.05, 0.1) is 0 Å². The van der Waals surface area contributed by atoms with Crippen LogP contribution in [-0.4, -0.2) is 14.7 Å². The Balaban J connectivity index is -0.0000000133. The molecule has 0 aromatic rings. The van der Waals surface area contributed by atoms with Crippen LogP contribution in [-0.2, 0) is 4.57 Å². The summed E-state index contributed by atoms with van der Waals surface area (Å²) in [4.78, 5) is 21.6. The summed E-state index contributed by atoms with van der Waals surface area (Å²) in [7, 11) is -4.64. The molecule has 0 aliphatic carbocycles. The van der Waals surface area contributed by atoms with Crippen LogP contribution < -0.4 is 88.7 Å². The Morgan fingerprint density at radius 3 is 1.00 bits per heavy atom. The molecule has 32 valence electrons. The Hall–Kier alpha value is 3.11. The van der Waals surface area contributed by atoms with E-state index in [1.165, 1.54) is 0 Å². The molecule has 0 aromatic carbocycles. The summed E-state index contributed by atoms with van der Waals surface area (Å²) < 4.78 is 8.88. The second-order valence-corrected chi connectivity index (χ2v) is 1.54. The van der Waals surface area contributed by atoms with Crippen LogP contribution in [0.5, 0.6) is 0 Å². The second-order valence-electron chi connectivity index (χ2n) is 0.513. The zero-order chi connectivity index (χ0) is 4.50. The topological polar surface area (TPSA) is 77.8 Å². The van der Waals surface area contributed by atoms with E-state index in [2.05, 4.69) is 0 Å². The van der Waals surface area contributed by atoms with Gasteiger partial charge in [-0.05, 0) is 0 Å². The first-order valence-corrected chi connectivity index (χ1v) is 2.35. The fraction of sp³-hybridized carbons (Fsp3) is 0. The molecule has 8 heteroatoms. The van der Waals surface area contributed by atoms with Gasteiger partial charge >= 0.3 is 97.9 Å². The first kappa shape index (κ1) is 22.5. The molecular formula is H4Na3O4P+4. The van der Waals surface area contributed by atoms with Crippen molar-refractivity contribution in [3.8, 4) is 0 Å². The zero-order valence-corrected chi connectivity index (χ0v) is 12.1. The van der Waals surface area contributed by atoms with Crippen LogP contribution in [0.25, 0.3) is 0 Å². The van der Waals surface area contributed by atoms with Gasteiger partial charge in [-0.15, -0.1) is 0 Å². The molecule has 8 heavy (non-hydrogen) atoms. The monoisotopic (exact) mass is 168 g/mol. The van der Waals surface area contributed by atoms with Gasteiger partial charge in [-0.1, -0.05) is 0 Å². The van der Waals surface area contributed by atoms with E-state index in [0.717, 1.165) is 0 Å². The molecule has 0 radical (unpaired) electrons. The van der Waals surface area contributed by atoms with Crippen molar-refractivity contribution in [3.05, 3.63) is 0 Å². The molecule has 0 rings (SSSR count). The van der Waals surface area contributed by atoms with Crippen molar-refractivity contribution in [1.29, 1.82) is 0 Å². The second kappa shape index (κ2) is 10.1. The third-order valence-corrected chi connectivity index (χ3v) is 0. The SMILES string of the molecule is O=P(O)(O)O.[H+].[Na+].[Na+].[Na+]. The third kappa shape index (κ3) is 61.9. The van der Waals surface area contributed by atoms with Crippen molar-refractivity contribution in [2.75, 3.05) is 0 Å². The molecule has 0 amide bonds.